The van der Waals surface area contributed by atoms with Gasteiger partial charge in [-0.1, -0.05) is 0 Å². The van der Waals surface area contributed by atoms with E-state index in [0.717, 1.165) is 44.3 Å². The van der Waals surface area contributed by atoms with Gasteiger partial charge in [-0.2, -0.15) is 0 Å². The molecular formula is C20H30N4O4. The van der Waals surface area contributed by atoms with Gasteiger partial charge in [0, 0.05) is 58.5 Å². The lowest BCUT2D eigenvalue weighted by molar-refractivity contribution is -0.142. The minimum atomic E-state index is -0.155. The fourth-order valence-corrected chi connectivity index (χ4v) is 3.72. The normalized spacial score (nSPS) is 20.9. The third kappa shape index (κ3) is 5.42. The van der Waals surface area contributed by atoms with Crippen molar-refractivity contribution in [1.82, 2.24) is 19.7 Å². The summed E-state index contributed by atoms with van der Waals surface area (Å²) in [5, 5.41) is 0. The first-order valence-electron chi connectivity index (χ1n) is 9.88. The molecular weight excluding hydrogens is 360 g/mol. The van der Waals surface area contributed by atoms with Crippen molar-refractivity contribution in [3.8, 4) is 5.75 Å². The summed E-state index contributed by atoms with van der Waals surface area (Å²) in [6.07, 6.45) is 2.73. The van der Waals surface area contributed by atoms with Crippen LogP contribution in [0.15, 0.2) is 18.3 Å². The van der Waals surface area contributed by atoms with E-state index < -0.39 is 0 Å². The number of aromatic nitrogens is 1. The van der Waals surface area contributed by atoms with Crippen LogP contribution in [-0.4, -0.2) is 91.6 Å². The van der Waals surface area contributed by atoms with Gasteiger partial charge < -0.3 is 19.3 Å². The summed E-state index contributed by atoms with van der Waals surface area (Å²) in [4.78, 5) is 35.4. The van der Waals surface area contributed by atoms with Gasteiger partial charge in [0.15, 0.2) is 0 Å². The van der Waals surface area contributed by atoms with Gasteiger partial charge in [-0.05, 0) is 12.5 Å². The molecule has 2 aliphatic rings. The van der Waals surface area contributed by atoms with E-state index >= 15 is 0 Å². The number of amides is 2. The molecule has 0 N–H and O–H groups in total. The molecule has 0 radical (unpaired) electrons. The predicted molar refractivity (Wildman–Crippen MR) is 104 cm³/mol. The van der Waals surface area contributed by atoms with Crippen LogP contribution in [0.4, 0.5) is 0 Å². The third-order valence-corrected chi connectivity index (χ3v) is 5.44. The molecule has 1 aromatic heterocycles. The SMILES string of the molecule is COc1ccnc(CN(C)C(=O)[C@@H]2CCC(=O)N(CCN3CCOCC3)C2)c1. The largest absolute Gasteiger partial charge is 0.497 e. The standard InChI is InChI=1S/C20H30N4O4/c1-22(15-17-13-18(27-2)5-6-21-17)20(26)16-3-4-19(25)24(14-16)8-7-23-9-11-28-12-10-23/h5-6,13,16H,3-4,7-12,14-15H2,1-2H3/t16-/m1/s1. The van der Waals surface area contributed by atoms with Gasteiger partial charge in [-0.25, -0.2) is 0 Å². The van der Waals surface area contributed by atoms with Crippen LogP contribution in [0.3, 0.4) is 0 Å². The van der Waals surface area contributed by atoms with E-state index in [0.29, 0.717) is 32.5 Å². The van der Waals surface area contributed by atoms with Crippen molar-refractivity contribution in [2.45, 2.75) is 19.4 Å². The molecule has 8 heteroatoms. The first-order chi connectivity index (χ1) is 13.6. The van der Waals surface area contributed by atoms with E-state index in [1.54, 1.807) is 31.3 Å². The Morgan fingerprint density at radius 1 is 1.36 bits per heavy atom. The first kappa shape index (κ1) is 20.5. The summed E-state index contributed by atoms with van der Waals surface area (Å²) in [7, 11) is 3.40. The molecule has 2 amide bonds. The number of nitrogens with zero attached hydrogens (tertiary/aromatic N) is 4. The molecule has 1 atom stereocenters. The van der Waals surface area contributed by atoms with E-state index in [1.807, 2.05) is 11.0 Å². The number of pyridine rings is 1. The van der Waals surface area contributed by atoms with Crippen LogP contribution >= 0.6 is 0 Å². The van der Waals surface area contributed by atoms with Crippen molar-refractivity contribution in [3.05, 3.63) is 24.0 Å². The van der Waals surface area contributed by atoms with Crippen molar-refractivity contribution in [1.29, 1.82) is 0 Å². The molecule has 2 saturated heterocycles. The maximum Gasteiger partial charge on any atom is 0.227 e. The van der Waals surface area contributed by atoms with Gasteiger partial charge >= 0.3 is 0 Å². The quantitative estimate of drug-likeness (QED) is 0.680. The van der Waals surface area contributed by atoms with E-state index in [2.05, 4.69) is 9.88 Å². The Morgan fingerprint density at radius 2 is 2.14 bits per heavy atom. The lowest BCUT2D eigenvalue weighted by Crippen LogP contribution is -2.49. The highest BCUT2D eigenvalue weighted by Gasteiger charge is 2.32. The average Bonchev–Trinajstić information content (AvgIpc) is 2.73. The van der Waals surface area contributed by atoms with Crippen molar-refractivity contribution in [2.75, 3.05) is 60.1 Å². The Kier molecular flexibility index (Phi) is 7.22. The number of morpholine rings is 1. The van der Waals surface area contributed by atoms with E-state index in [1.165, 1.54) is 0 Å². The van der Waals surface area contributed by atoms with Crippen molar-refractivity contribution < 1.29 is 19.1 Å². The Balaban J connectivity index is 1.52. The Hall–Kier alpha value is -2.19. The Labute approximate surface area is 166 Å². The second-order valence-electron chi connectivity index (χ2n) is 7.41. The average molecular weight is 390 g/mol. The number of likely N-dealkylation sites (tertiary alicyclic amines) is 1. The molecule has 8 nitrogen and oxygen atoms in total. The lowest BCUT2D eigenvalue weighted by Gasteiger charge is -2.35. The molecule has 1 aromatic rings. The number of ether oxygens (including phenoxy) is 2. The van der Waals surface area contributed by atoms with Crippen molar-refractivity contribution >= 4 is 11.8 Å². The van der Waals surface area contributed by atoms with E-state index in [-0.39, 0.29) is 17.7 Å². The minimum absolute atomic E-state index is 0.0634. The summed E-state index contributed by atoms with van der Waals surface area (Å²) >= 11 is 0. The van der Waals surface area contributed by atoms with E-state index in [9.17, 15) is 9.59 Å². The second-order valence-corrected chi connectivity index (χ2v) is 7.41. The van der Waals surface area contributed by atoms with Gasteiger partial charge in [0.2, 0.25) is 11.8 Å². The zero-order chi connectivity index (χ0) is 19.9. The van der Waals surface area contributed by atoms with Crippen molar-refractivity contribution in [3.63, 3.8) is 0 Å². The fraction of sp³-hybridized carbons (Fsp3) is 0.650. The number of rotatable bonds is 7. The van der Waals surface area contributed by atoms with Crippen LogP contribution in [0, 0.1) is 5.92 Å². The zero-order valence-corrected chi connectivity index (χ0v) is 16.8. The summed E-state index contributed by atoms with van der Waals surface area (Å²) in [6, 6.07) is 3.62. The maximum atomic E-state index is 12.9. The van der Waals surface area contributed by atoms with Gasteiger partial charge in [0.05, 0.1) is 38.5 Å². The molecule has 2 aliphatic heterocycles. The molecule has 28 heavy (non-hydrogen) atoms. The monoisotopic (exact) mass is 390 g/mol. The van der Waals surface area contributed by atoms with Crippen LogP contribution in [0.2, 0.25) is 0 Å². The molecule has 0 aliphatic carbocycles. The van der Waals surface area contributed by atoms with Crippen LogP contribution in [0.25, 0.3) is 0 Å². The highest BCUT2D eigenvalue weighted by molar-refractivity contribution is 5.83. The summed E-state index contributed by atoms with van der Waals surface area (Å²) < 4.78 is 10.6. The van der Waals surface area contributed by atoms with Crippen LogP contribution in [-0.2, 0) is 20.9 Å². The molecule has 0 saturated carbocycles. The molecule has 0 unspecified atom stereocenters. The Bertz CT molecular complexity index is 678. The second kappa shape index (κ2) is 9.84. The number of carbonyl (C=O) groups excluding carboxylic acids is 2. The third-order valence-electron chi connectivity index (χ3n) is 5.44. The van der Waals surface area contributed by atoms with Gasteiger partial charge in [0.25, 0.3) is 0 Å². The first-order valence-corrected chi connectivity index (χ1v) is 9.88. The zero-order valence-electron chi connectivity index (χ0n) is 16.8. The van der Waals surface area contributed by atoms with Crippen LogP contribution in [0.1, 0.15) is 18.5 Å². The highest BCUT2D eigenvalue weighted by Crippen LogP contribution is 2.21. The number of methoxy groups -OCH3 is 1. The lowest BCUT2D eigenvalue weighted by atomic mass is 9.96. The molecule has 0 aromatic carbocycles. The predicted octanol–water partition coefficient (Wildman–Crippen LogP) is 0.619. The van der Waals surface area contributed by atoms with Crippen LogP contribution < -0.4 is 4.74 Å². The van der Waals surface area contributed by atoms with E-state index in [4.69, 9.17) is 9.47 Å². The summed E-state index contributed by atoms with van der Waals surface area (Å²) in [5.74, 6) is 0.782. The molecule has 154 valence electrons. The highest BCUT2D eigenvalue weighted by atomic mass is 16.5. The number of hydrogen-bond acceptors (Lipinski definition) is 6. The number of carbonyl (C=O) groups is 2. The topological polar surface area (TPSA) is 75.2 Å². The summed E-state index contributed by atoms with van der Waals surface area (Å²) in [5.41, 5.74) is 0.784. The van der Waals surface area contributed by atoms with Gasteiger partial charge in [-0.3, -0.25) is 19.5 Å². The number of piperidine rings is 1. The fourth-order valence-electron chi connectivity index (χ4n) is 3.72. The molecule has 0 bridgehead atoms. The molecule has 0 spiro atoms. The Morgan fingerprint density at radius 3 is 2.89 bits per heavy atom. The maximum absolute atomic E-state index is 12.9. The molecule has 3 rings (SSSR count). The van der Waals surface area contributed by atoms with Gasteiger partial charge in [0.1, 0.15) is 5.75 Å². The number of hydrogen-bond donors (Lipinski definition) is 0. The smallest absolute Gasteiger partial charge is 0.227 e. The molecule has 3 heterocycles. The minimum Gasteiger partial charge on any atom is -0.497 e. The van der Waals surface area contributed by atoms with Gasteiger partial charge in [-0.15, -0.1) is 0 Å². The van der Waals surface area contributed by atoms with Crippen molar-refractivity contribution in [2.24, 2.45) is 5.92 Å². The molecule has 2 fully saturated rings. The van der Waals surface area contributed by atoms with Crippen LogP contribution in [0.5, 0.6) is 5.75 Å². The summed E-state index contributed by atoms with van der Waals surface area (Å²) in [6.45, 7) is 5.73.